The van der Waals surface area contributed by atoms with Crippen LogP contribution in [0.5, 0.6) is 17.2 Å². The predicted molar refractivity (Wildman–Crippen MR) is 130 cm³/mol. The fourth-order valence-corrected chi connectivity index (χ4v) is 4.35. The molecule has 2 aliphatic heterocycles. The minimum absolute atomic E-state index is 0.0213. The highest BCUT2D eigenvalue weighted by atomic mass is 16.6. The van der Waals surface area contributed by atoms with Crippen molar-refractivity contribution in [2.75, 3.05) is 32.9 Å². The van der Waals surface area contributed by atoms with Crippen LogP contribution in [-0.2, 0) is 9.59 Å². The number of benzene rings is 2. The van der Waals surface area contributed by atoms with E-state index in [1.54, 1.807) is 18.2 Å². The number of ketones is 1. The van der Waals surface area contributed by atoms with Crippen LogP contribution in [0.4, 0.5) is 0 Å². The third kappa shape index (κ3) is 6.32. The summed E-state index contributed by atoms with van der Waals surface area (Å²) in [4.78, 5) is 39.5. The summed E-state index contributed by atoms with van der Waals surface area (Å²) in [6.07, 6.45) is 2.86. The molecule has 1 fully saturated rings. The largest absolute Gasteiger partial charge is 0.486 e. The van der Waals surface area contributed by atoms with Gasteiger partial charge in [-0.3, -0.25) is 14.4 Å². The first kappa shape index (κ1) is 24.6. The maximum Gasteiger partial charge on any atom is 0.260 e. The van der Waals surface area contributed by atoms with Crippen LogP contribution in [0.15, 0.2) is 42.5 Å². The molecule has 0 aliphatic carbocycles. The quantitative estimate of drug-likeness (QED) is 0.522. The first-order chi connectivity index (χ1) is 17.0. The minimum atomic E-state index is -0.287. The molecule has 8 heteroatoms. The van der Waals surface area contributed by atoms with E-state index < -0.39 is 0 Å². The van der Waals surface area contributed by atoms with Gasteiger partial charge in [0.2, 0.25) is 5.91 Å². The zero-order valence-electron chi connectivity index (χ0n) is 20.1. The number of amides is 2. The Morgan fingerprint density at radius 3 is 2.51 bits per heavy atom. The Hall–Kier alpha value is -3.55. The number of hydrogen-bond acceptors (Lipinski definition) is 6. The lowest BCUT2D eigenvalue weighted by molar-refractivity contribution is -0.132. The molecule has 4 rings (SSSR count). The monoisotopic (exact) mass is 480 g/mol. The zero-order chi connectivity index (χ0) is 24.6. The second-order valence-corrected chi connectivity index (χ2v) is 8.72. The number of carbonyl (C=O) groups excluding carboxylic acids is 3. The van der Waals surface area contributed by atoms with E-state index in [9.17, 15) is 14.4 Å². The molecule has 2 heterocycles. The second-order valence-electron chi connectivity index (χ2n) is 8.72. The predicted octanol–water partition coefficient (Wildman–Crippen LogP) is 3.69. The van der Waals surface area contributed by atoms with Gasteiger partial charge in [0.05, 0.1) is 6.04 Å². The average Bonchev–Trinajstić information content (AvgIpc) is 3.44. The molecule has 2 aliphatic rings. The second kappa shape index (κ2) is 11.7. The van der Waals surface area contributed by atoms with Gasteiger partial charge in [0.15, 0.2) is 23.9 Å². The maximum atomic E-state index is 12.7. The minimum Gasteiger partial charge on any atom is -0.486 e. The third-order valence-corrected chi connectivity index (χ3v) is 6.29. The Morgan fingerprint density at radius 1 is 1.00 bits per heavy atom. The van der Waals surface area contributed by atoms with E-state index in [-0.39, 0.29) is 43.1 Å². The molecule has 0 aromatic heterocycles. The third-order valence-electron chi connectivity index (χ3n) is 6.29. The Morgan fingerprint density at radius 2 is 1.74 bits per heavy atom. The van der Waals surface area contributed by atoms with Gasteiger partial charge >= 0.3 is 0 Å². The first-order valence-corrected chi connectivity index (χ1v) is 12.3. The standard InChI is InChI=1S/C27H32N2O6/c1-2-21(20-7-3-4-8-23(20)35-18-27(32)29-13-5-6-14-29)28-26(31)12-10-22(30)19-9-11-24-25(17-19)34-16-15-33-24/h3-4,7-9,11,17,21H,2,5-6,10,12-16,18H2,1H3,(H,28,31). The summed E-state index contributed by atoms with van der Waals surface area (Å²) in [5, 5.41) is 3.01. The van der Waals surface area contributed by atoms with Crippen LogP contribution in [0, 0.1) is 0 Å². The smallest absolute Gasteiger partial charge is 0.260 e. The Bertz CT molecular complexity index is 1060. The fourth-order valence-electron chi connectivity index (χ4n) is 4.35. The summed E-state index contributed by atoms with van der Waals surface area (Å²) in [6.45, 7) is 4.44. The van der Waals surface area contributed by atoms with Crippen LogP contribution in [0.2, 0.25) is 0 Å². The van der Waals surface area contributed by atoms with E-state index in [2.05, 4.69) is 5.32 Å². The number of hydrogen-bond donors (Lipinski definition) is 1. The fraction of sp³-hybridized carbons (Fsp3) is 0.444. The summed E-state index contributed by atoms with van der Waals surface area (Å²) in [6, 6.07) is 12.2. The molecule has 8 nitrogen and oxygen atoms in total. The van der Waals surface area contributed by atoms with E-state index in [1.807, 2.05) is 36.1 Å². The van der Waals surface area contributed by atoms with Crippen LogP contribution in [0.3, 0.4) is 0 Å². The molecule has 0 saturated carbocycles. The van der Waals surface area contributed by atoms with Gasteiger partial charge in [0.25, 0.3) is 5.91 Å². The summed E-state index contributed by atoms with van der Waals surface area (Å²) >= 11 is 0. The van der Waals surface area contributed by atoms with Crippen LogP contribution in [0.1, 0.15) is 61.0 Å². The topological polar surface area (TPSA) is 94.2 Å². The molecule has 1 N–H and O–H groups in total. The van der Waals surface area contributed by atoms with E-state index in [1.165, 1.54) is 0 Å². The highest BCUT2D eigenvalue weighted by Crippen LogP contribution is 2.31. The Kier molecular flexibility index (Phi) is 8.23. The van der Waals surface area contributed by atoms with E-state index >= 15 is 0 Å². The number of nitrogens with one attached hydrogen (secondary N) is 1. The van der Waals surface area contributed by atoms with Crippen LogP contribution < -0.4 is 19.5 Å². The number of fused-ring (bicyclic) bond motifs is 1. The van der Waals surface area contributed by atoms with Crippen molar-refractivity contribution in [2.24, 2.45) is 0 Å². The number of nitrogens with zero attached hydrogens (tertiary/aromatic N) is 1. The lowest BCUT2D eigenvalue weighted by Gasteiger charge is -2.22. The summed E-state index contributed by atoms with van der Waals surface area (Å²) in [5.74, 6) is 1.39. The average molecular weight is 481 g/mol. The van der Waals surface area contributed by atoms with Gasteiger partial charge in [-0.2, -0.15) is 0 Å². The highest BCUT2D eigenvalue weighted by Gasteiger charge is 2.21. The number of rotatable bonds is 10. The van der Waals surface area contributed by atoms with Crippen LogP contribution in [-0.4, -0.2) is 55.4 Å². The Balaban J connectivity index is 1.32. The van der Waals surface area contributed by atoms with Gasteiger partial charge in [0, 0.05) is 37.1 Å². The highest BCUT2D eigenvalue weighted by molar-refractivity contribution is 5.98. The van der Waals surface area contributed by atoms with Gasteiger partial charge in [-0.05, 0) is 43.5 Å². The van der Waals surface area contributed by atoms with Crippen molar-refractivity contribution in [3.8, 4) is 17.2 Å². The van der Waals surface area contributed by atoms with Crippen molar-refractivity contribution in [1.82, 2.24) is 10.2 Å². The van der Waals surface area contributed by atoms with E-state index in [4.69, 9.17) is 14.2 Å². The van der Waals surface area contributed by atoms with Gasteiger partial charge in [-0.15, -0.1) is 0 Å². The summed E-state index contributed by atoms with van der Waals surface area (Å²) < 4.78 is 16.9. The molecule has 186 valence electrons. The molecule has 1 saturated heterocycles. The zero-order valence-corrected chi connectivity index (χ0v) is 20.1. The number of ether oxygens (including phenoxy) is 3. The number of likely N-dealkylation sites (tertiary alicyclic amines) is 1. The maximum absolute atomic E-state index is 12.7. The molecule has 2 amide bonds. The first-order valence-electron chi connectivity index (χ1n) is 12.3. The molecule has 35 heavy (non-hydrogen) atoms. The number of Topliss-reactive ketones (excluding diaryl/α,β-unsaturated/α-hetero) is 1. The molecular formula is C27H32N2O6. The van der Waals surface area contributed by atoms with Gasteiger partial charge in [0.1, 0.15) is 19.0 Å². The molecule has 1 atom stereocenters. The van der Waals surface area contributed by atoms with Gasteiger partial charge < -0.3 is 24.4 Å². The summed E-state index contributed by atoms with van der Waals surface area (Å²) in [5.41, 5.74) is 1.31. The van der Waals surface area contributed by atoms with Crippen LogP contribution >= 0.6 is 0 Å². The van der Waals surface area contributed by atoms with Gasteiger partial charge in [-0.1, -0.05) is 25.1 Å². The van der Waals surface area contributed by atoms with Gasteiger partial charge in [-0.25, -0.2) is 0 Å². The van der Waals surface area contributed by atoms with Crippen molar-refractivity contribution < 1.29 is 28.6 Å². The van der Waals surface area contributed by atoms with E-state index in [0.29, 0.717) is 42.4 Å². The van der Waals surface area contributed by atoms with Crippen molar-refractivity contribution >= 4 is 17.6 Å². The molecule has 2 aromatic rings. The lowest BCUT2D eigenvalue weighted by Crippen LogP contribution is -2.32. The SMILES string of the molecule is CCC(NC(=O)CCC(=O)c1ccc2c(c1)OCCO2)c1ccccc1OCC(=O)N1CCCC1. The Labute approximate surface area is 205 Å². The number of carbonyl (C=O) groups is 3. The van der Waals surface area contributed by atoms with Crippen molar-refractivity contribution in [2.45, 2.75) is 45.1 Å². The van der Waals surface area contributed by atoms with Crippen molar-refractivity contribution in [3.63, 3.8) is 0 Å². The normalized spacial score (nSPS) is 15.4. The molecule has 2 aromatic carbocycles. The van der Waals surface area contributed by atoms with E-state index in [0.717, 1.165) is 31.5 Å². The molecule has 0 bridgehead atoms. The molecular weight excluding hydrogens is 448 g/mol. The molecule has 0 spiro atoms. The molecule has 1 unspecified atom stereocenters. The van der Waals surface area contributed by atoms with Crippen molar-refractivity contribution in [3.05, 3.63) is 53.6 Å². The lowest BCUT2D eigenvalue weighted by atomic mass is 10.0. The summed E-state index contributed by atoms with van der Waals surface area (Å²) in [7, 11) is 0. The molecule has 0 radical (unpaired) electrons. The van der Waals surface area contributed by atoms with Crippen molar-refractivity contribution in [1.29, 1.82) is 0 Å². The number of para-hydroxylation sites is 1. The van der Waals surface area contributed by atoms with Crippen LogP contribution in [0.25, 0.3) is 0 Å².